The highest BCUT2D eigenvalue weighted by molar-refractivity contribution is 5.95. The van der Waals surface area contributed by atoms with Crippen LogP contribution in [-0.2, 0) is 19.0 Å². The molecule has 5 nitrogen and oxygen atoms in total. The third-order valence-electron chi connectivity index (χ3n) is 4.19. The lowest BCUT2D eigenvalue weighted by Crippen LogP contribution is -2.14. The van der Waals surface area contributed by atoms with Crippen molar-refractivity contribution in [1.29, 1.82) is 0 Å². The van der Waals surface area contributed by atoms with E-state index in [4.69, 9.17) is 5.73 Å². The molecule has 0 fully saturated rings. The molecule has 146 valence electrons. The Kier molecular flexibility index (Phi) is 5.17. The number of carbonyl (C=O) groups excluding carboxylic acids is 1. The summed E-state index contributed by atoms with van der Waals surface area (Å²) in [6.45, 7) is 1.67. The summed E-state index contributed by atoms with van der Waals surface area (Å²) in [6.07, 6.45) is -2.81. The van der Waals surface area contributed by atoms with Crippen molar-refractivity contribution < 1.29 is 22.4 Å². The van der Waals surface area contributed by atoms with Gasteiger partial charge in [0.25, 0.3) is 5.91 Å². The van der Waals surface area contributed by atoms with Crippen molar-refractivity contribution in [2.75, 3.05) is 0 Å². The highest BCUT2D eigenvalue weighted by Gasteiger charge is 2.31. The number of aromatic nitrogens is 3. The minimum atomic E-state index is -4.62. The number of pyridine rings is 1. The molecule has 9 heteroatoms. The number of aromatic amines is 1. The molecule has 0 radical (unpaired) electrons. The summed E-state index contributed by atoms with van der Waals surface area (Å²) in [4.78, 5) is 15.8. The van der Waals surface area contributed by atoms with Crippen molar-refractivity contribution in [3.63, 3.8) is 0 Å². The fourth-order valence-electron chi connectivity index (χ4n) is 2.99. The summed E-state index contributed by atoms with van der Waals surface area (Å²) >= 11 is 0. The van der Waals surface area contributed by atoms with E-state index in [1.54, 1.807) is 19.1 Å². The lowest BCUT2D eigenvalue weighted by molar-refractivity contribution is -0.137. The van der Waals surface area contributed by atoms with E-state index >= 15 is 0 Å². The van der Waals surface area contributed by atoms with E-state index in [1.807, 2.05) is 0 Å². The minimum Gasteiger partial charge on any atom is -0.365 e. The molecule has 0 atom stereocenters. The fraction of sp³-hybridized carbons (Fsp3) is 0.211. The van der Waals surface area contributed by atoms with Gasteiger partial charge >= 0.3 is 6.18 Å². The number of nitrogens with two attached hydrogens (primary N) is 1. The van der Waals surface area contributed by atoms with Crippen molar-refractivity contribution in [1.82, 2.24) is 15.2 Å². The molecule has 0 saturated carbocycles. The molecule has 0 saturated heterocycles. The Morgan fingerprint density at radius 3 is 2.57 bits per heavy atom. The van der Waals surface area contributed by atoms with Crippen LogP contribution in [0.4, 0.5) is 17.6 Å². The van der Waals surface area contributed by atoms with Gasteiger partial charge in [-0.15, -0.1) is 0 Å². The van der Waals surface area contributed by atoms with E-state index in [1.165, 1.54) is 6.20 Å². The number of benzene rings is 1. The zero-order valence-corrected chi connectivity index (χ0v) is 14.8. The number of nitrogens with zero attached hydrogens (tertiary/aromatic N) is 2. The second-order valence-corrected chi connectivity index (χ2v) is 6.39. The Balaban J connectivity index is 1.85. The quantitative estimate of drug-likeness (QED) is 0.652. The highest BCUT2D eigenvalue weighted by Crippen LogP contribution is 2.31. The van der Waals surface area contributed by atoms with Gasteiger partial charge in [0.2, 0.25) is 0 Å². The number of alkyl halides is 3. The van der Waals surface area contributed by atoms with Crippen LogP contribution >= 0.6 is 0 Å². The lowest BCUT2D eigenvalue weighted by Gasteiger charge is -2.10. The Labute approximate surface area is 157 Å². The summed E-state index contributed by atoms with van der Waals surface area (Å²) in [5.74, 6) is -1.56. The molecule has 0 aliphatic carbocycles. The summed E-state index contributed by atoms with van der Waals surface area (Å²) in [6, 6.07) is 5.76. The molecule has 28 heavy (non-hydrogen) atoms. The molecule has 3 aromatic rings. The molecule has 0 unspecified atom stereocenters. The van der Waals surface area contributed by atoms with Crippen molar-refractivity contribution in [3.05, 3.63) is 81.7 Å². The normalized spacial score (nSPS) is 11.6. The van der Waals surface area contributed by atoms with Crippen molar-refractivity contribution in [2.24, 2.45) is 5.73 Å². The number of rotatable bonds is 5. The standard InChI is InChI=1S/C19H16F4N4O/c1-10-17(18(24)28)16(27-26-10)9-15-7-11(2-3-25-15)4-12-5-13(19(21,22)23)8-14(20)6-12/h2-3,5-8H,4,9H2,1H3,(H2,24,28)(H,26,27). The number of primary amides is 1. The van der Waals surface area contributed by atoms with Crippen LogP contribution in [0.15, 0.2) is 36.5 Å². The Bertz CT molecular complexity index is 1030. The first-order chi connectivity index (χ1) is 13.1. The first kappa shape index (κ1) is 19.5. The van der Waals surface area contributed by atoms with Crippen LogP contribution < -0.4 is 5.73 Å². The smallest absolute Gasteiger partial charge is 0.365 e. The molecule has 2 heterocycles. The van der Waals surface area contributed by atoms with Gasteiger partial charge in [-0.25, -0.2) is 4.39 Å². The monoisotopic (exact) mass is 392 g/mol. The maximum absolute atomic E-state index is 13.6. The van der Waals surface area contributed by atoms with Gasteiger partial charge in [-0.2, -0.15) is 18.3 Å². The van der Waals surface area contributed by atoms with Crippen LogP contribution in [-0.4, -0.2) is 21.1 Å². The summed E-state index contributed by atoms with van der Waals surface area (Å²) in [5.41, 5.74) is 6.98. The van der Waals surface area contributed by atoms with E-state index in [0.717, 1.165) is 12.1 Å². The average molecular weight is 392 g/mol. The van der Waals surface area contributed by atoms with Gasteiger partial charge in [0.05, 0.1) is 16.8 Å². The Morgan fingerprint density at radius 2 is 1.89 bits per heavy atom. The second kappa shape index (κ2) is 7.41. The number of halogens is 4. The molecule has 1 aromatic carbocycles. The number of carbonyl (C=O) groups is 1. The second-order valence-electron chi connectivity index (χ2n) is 6.39. The van der Waals surface area contributed by atoms with Crippen LogP contribution in [0.1, 0.15) is 44.1 Å². The number of H-pyrrole nitrogens is 1. The third kappa shape index (κ3) is 4.36. The summed E-state index contributed by atoms with van der Waals surface area (Å²) in [5, 5.41) is 6.75. The molecule has 0 bridgehead atoms. The molecule has 3 N–H and O–H groups in total. The van der Waals surface area contributed by atoms with Gasteiger partial charge in [-0.3, -0.25) is 14.9 Å². The first-order valence-corrected chi connectivity index (χ1v) is 8.27. The van der Waals surface area contributed by atoms with E-state index in [-0.39, 0.29) is 24.0 Å². The van der Waals surface area contributed by atoms with Gasteiger partial charge in [0, 0.05) is 24.0 Å². The zero-order valence-electron chi connectivity index (χ0n) is 14.8. The van der Waals surface area contributed by atoms with E-state index < -0.39 is 23.5 Å². The third-order valence-corrected chi connectivity index (χ3v) is 4.19. The van der Waals surface area contributed by atoms with Gasteiger partial charge < -0.3 is 5.73 Å². The predicted octanol–water partition coefficient (Wildman–Crippen LogP) is 3.55. The Morgan fingerprint density at radius 1 is 1.14 bits per heavy atom. The van der Waals surface area contributed by atoms with Gasteiger partial charge in [0.15, 0.2) is 0 Å². The molecule has 0 aliphatic heterocycles. The van der Waals surface area contributed by atoms with Crippen molar-refractivity contribution >= 4 is 5.91 Å². The number of nitrogens with one attached hydrogen (secondary N) is 1. The van der Waals surface area contributed by atoms with Crippen LogP contribution in [0, 0.1) is 12.7 Å². The van der Waals surface area contributed by atoms with Gasteiger partial charge in [0.1, 0.15) is 5.82 Å². The van der Waals surface area contributed by atoms with E-state index in [9.17, 15) is 22.4 Å². The number of hydrogen-bond acceptors (Lipinski definition) is 3. The molecule has 1 amide bonds. The number of aryl methyl sites for hydroxylation is 1. The minimum absolute atomic E-state index is 0.0959. The Hall–Kier alpha value is -3.23. The first-order valence-electron chi connectivity index (χ1n) is 8.27. The summed E-state index contributed by atoms with van der Waals surface area (Å²) < 4.78 is 52.2. The molecule has 2 aromatic heterocycles. The number of amides is 1. The largest absolute Gasteiger partial charge is 0.416 e. The van der Waals surface area contributed by atoms with Crippen LogP contribution in [0.3, 0.4) is 0 Å². The topological polar surface area (TPSA) is 84.7 Å². The molecule has 0 spiro atoms. The number of hydrogen-bond donors (Lipinski definition) is 2. The van der Waals surface area contributed by atoms with E-state index in [0.29, 0.717) is 28.7 Å². The van der Waals surface area contributed by atoms with Gasteiger partial charge in [-0.05, 0) is 54.8 Å². The van der Waals surface area contributed by atoms with E-state index in [2.05, 4.69) is 15.2 Å². The van der Waals surface area contributed by atoms with Crippen LogP contribution in [0.2, 0.25) is 0 Å². The lowest BCUT2D eigenvalue weighted by atomic mass is 10.0. The maximum atomic E-state index is 13.6. The van der Waals surface area contributed by atoms with Crippen LogP contribution in [0.5, 0.6) is 0 Å². The highest BCUT2D eigenvalue weighted by atomic mass is 19.4. The molecular weight excluding hydrogens is 376 g/mol. The van der Waals surface area contributed by atoms with Gasteiger partial charge in [-0.1, -0.05) is 0 Å². The SMILES string of the molecule is Cc1[nH]nc(Cc2cc(Cc3cc(F)cc(C(F)(F)F)c3)ccn2)c1C(N)=O. The van der Waals surface area contributed by atoms with Crippen molar-refractivity contribution in [2.45, 2.75) is 25.9 Å². The van der Waals surface area contributed by atoms with Crippen LogP contribution in [0.25, 0.3) is 0 Å². The fourth-order valence-corrected chi connectivity index (χ4v) is 2.99. The molecule has 0 aliphatic rings. The summed E-state index contributed by atoms with van der Waals surface area (Å²) in [7, 11) is 0. The predicted molar refractivity (Wildman–Crippen MR) is 93.1 cm³/mol. The molecule has 3 rings (SSSR count). The molecular formula is C19H16F4N4O. The van der Waals surface area contributed by atoms with Crippen molar-refractivity contribution in [3.8, 4) is 0 Å². The average Bonchev–Trinajstić information content (AvgIpc) is 2.94. The zero-order chi connectivity index (χ0) is 20.5. The maximum Gasteiger partial charge on any atom is 0.416 e.